The third kappa shape index (κ3) is 5.41. The number of amidine groups is 1. The fourth-order valence-corrected chi connectivity index (χ4v) is 4.74. The van der Waals surface area contributed by atoms with E-state index >= 15 is 0 Å². The van der Waals surface area contributed by atoms with Gasteiger partial charge in [0.25, 0.3) is 5.91 Å². The van der Waals surface area contributed by atoms with Crippen LogP contribution in [0, 0.1) is 0 Å². The lowest BCUT2D eigenvalue weighted by Crippen LogP contribution is -2.44. The second-order valence-corrected chi connectivity index (χ2v) is 9.48. The zero-order valence-electron chi connectivity index (χ0n) is 20.4. The second-order valence-electron chi connectivity index (χ2n) is 9.48. The summed E-state index contributed by atoms with van der Waals surface area (Å²) in [6.07, 6.45) is 8.41. The number of benzene rings is 2. The van der Waals surface area contributed by atoms with E-state index in [2.05, 4.69) is 29.5 Å². The van der Waals surface area contributed by atoms with Crippen LogP contribution in [0.15, 0.2) is 83.7 Å². The van der Waals surface area contributed by atoms with Crippen molar-refractivity contribution in [2.45, 2.75) is 38.1 Å². The van der Waals surface area contributed by atoms with Crippen LogP contribution in [-0.4, -0.2) is 65.9 Å². The molecular weight excluding hydrogens is 438 g/mol. The molecule has 3 heterocycles. The molecule has 0 bridgehead atoms. The Morgan fingerprint density at radius 3 is 2.57 bits per heavy atom. The summed E-state index contributed by atoms with van der Waals surface area (Å²) in [5, 5.41) is 1.96. The summed E-state index contributed by atoms with van der Waals surface area (Å²) in [4.78, 5) is 22.1. The number of amides is 1. The van der Waals surface area contributed by atoms with E-state index in [-0.39, 0.29) is 12.1 Å². The molecule has 1 amide bonds. The Balaban J connectivity index is 1.18. The van der Waals surface area contributed by atoms with Crippen molar-refractivity contribution in [3.05, 3.63) is 95.4 Å². The summed E-state index contributed by atoms with van der Waals surface area (Å²) in [7, 11) is 4.06. The number of fused-ring (bicyclic) bond motifs is 1. The lowest BCUT2D eigenvalue weighted by atomic mass is 10.0. The van der Waals surface area contributed by atoms with Crippen molar-refractivity contribution in [1.29, 1.82) is 0 Å². The highest BCUT2D eigenvalue weighted by atomic mass is 16.5. The first-order valence-electron chi connectivity index (χ1n) is 12.3. The number of hydrogen-bond donors (Lipinski definition) is 1. The first kappa shape index (κ1) is 23.2. The minimum absolute atomic E-state index is 0.0926. The fourth-order valence-electron chi connectivity index (χ4n) is 4.74. The molecule has 7 nitrogen and oxygen atoms in total. The van der Waals surface area contributed by atoms with Gasteiger partial charge < -0.3 is 14.5 Å². The summed E-state index contributed by atoms with van der Waals surface area (Å²) in [5.74, 6) is 1.78. The molecular formula is C28H33N5O2. The van der Waals surface area contributed by atoms with Crippen LogP contribution < -0.4 is 5.43 Å². The van der Waals surface area contributed by atoms with Crippen molar-refractivity contribution in [3.8, 4) is 0 Å². The van der Waals surface area contributed by atoms with Crippen LogP contribution in [0.3, 0.4) is 0 Å². The molecule has 182 valence electrons. The van der Waals surface area contributed by atoms with Crippen molar-refractivity contribution in [1.82, 2.24) is 20.2 Å². The molecule has 3 aliphatic rings. The number of nitrogens with one attached hydrogen (secondary N) is 1. The van der Waals surface area contributed by atoms with E-state index in [1.807, 2.05) is 77.8 Å². The maximum absolute atomic E-state index is 13.0. The molecule has 3 aliphatic heterocycles. The number of piperidine rings is 1. The average molecular weight is 472 g/mol. The smallest absolute Gasteiger partial charge is 0.253 e. The number of likely N-dealkylation sites (tertiary alicyclic amines) is 1. The van der Waals surface area contributed by atoms with Crippen LogP contribution in [0.25, 0.3) is 0 Å². The molecule has 0 radical (unpaired) electrons. The van der Waals surface area contributed by atoms with Crippen LogP contribution in [-0.2, 0) is 17.8 Å². The van der Waals surface area contributed by atoms with Gasteiger partial charge in [0.15, 0.2) is 6.17 Å². The molecule has 1 unspecified atom stereocenters. The quantitative estimate of drug-likeness (QED) is 0.669. The second kappa shape index (κ2) is 10.4. The van der Waals surface area contributed by atoms with E-state index < -0.39 is 0 Å². The number of hydrogen-bond acceptors (Lipinski definition) is 6. The number of rotatable bonds is 7. The molecule has 0 spiro atoms. The standard InChI is InChI=1S/C28H33N5O2/c1-31-17-14-24(15-18-31)32(2)28(34)23-12-10-21(11-13-23)19-26-29-27-25(9-6-16-33(27)30-26)35-20-22-7-4-3-5-8-22/h3-13,16,24,27H,14-15,17-20H2,1-2H3,(H,29,30). The van der Waals surface area contributed by atoms with Crippen LogP contribution in [0.4, 0.5) is 0 Å². The van der Waals surface area contributed by atoms with Gasteiger partial charge in [-0.25, -0.2) is 4.99 Å². The zero-order valence-corrected chi connectivity index (χ0v) is 20.4. The molecule has 1 atom stereocenters. The number of hydrazine groups is 1. The molecule has 0 aromatic heterocycles. The van der Waals surface area contributed by atoms with Gasteiger partial charge in [-0.15, -0.1) is 0 Å². The van der Waals surface area contributed by atoms with Gasteiger partial charge in [0, 0.05) is 31.3 Å². The summed E-state index contributed by atoms with van der Waals surface area (Å²) in [6, 6.07) is 18.4. The maximum atomic E-state index is 13.0. The summed E-state index contributed by atoms with van der Waals surface area (Å²) in [6.45, 7) is 2.59. The van der Waals surface area contributed by atoms with Gasteiger partial charge in [0.1, 0.15) is 18.2 Å². The van der Waals surface area contributed by atoms with Crippen molar-refractivity contribution < 1.29 is 9.53 Å². The Morgan fingerprint density at radius 2 is 1.83 bits per heavy atom. The average Bonchev–Trinajstić information content (AvgIpc) is 3.31. The van der Waals surface area contributed by atoms with Gasteiger partial charge in [-0.05, 0) is 68.4 Å². The van der Waals surface area contributed by atoms with Gasteiger partial charge in [-0.1, -0.05) is 42.5 Å². The van der Waals surface area contributed by atoms with Crippen LogP contribution >= 0.6 is 0 Å². The number of nitrogens with zero attached hydrogens (tertiary/aromatic N) is 4. The Labute approximate surface area is 207 Å². The number of carbonyl (C=O) groups is 1. The van der Waals surface area contributed by atoms with Crippen molar-refractivity contribution >= 4 is 11.7 Å². The highest BCUT2D eigenvalue weighted by molar-refractivity contribution is 5.94. The highest BCUT2D eigenvalue weighted by Gasteiger charge is 2.30. The summed E-state index contributed by atoms with van der Waals surface area (Å²) >= 11 is 0. The Bertz CT molecular complexity index is 1120. The molecule has 1 saturated heterocycles. The van der Waals surface area contributed by atoms with E-state index in [4.69, 9.17) is 9.73 Å². The van der Waals surface area contributed by atoms with E-state index in [0.717, 1.165) is 54.2 Å². The van der Waals surface area contributed by atoms with E-state index in [1.165, 1.54) is 0 Å². The largest absolute Gasteiger partial charge is 0.489 e. The van der Waals surface area contributed by atoms with Crippen LogP contribution in [0.2, 0.25) is 0 Å². The van der Waals surface area contributed by atoms with Crippen LogP contribution in [0.5, 0.6) is 0 Å². The van der Waals surface area contributed by atoms with Gasteiger partial charge in [-0.3, -0.25) is 15.2 Å². The molecule has 0 aliphatic carbocycles. The molecule has 0 saturated carbocycles. The maximum Gasteiger partial charge on any atom is 0.253 e. The molecule has 5 rings (SSSR count). The Hall–Kier alpha value is -3.58. The Kier molecular flexibility index (Phi) is 6.86. The molecule has 7 heteroatoms. The molecule has 2 aromatic rings. The van der Waals surface area contributed by atoms with Gasteiger partial charge in [0.05, 0.1) is 0 Å². The first-order valence-corrected chi connectivity index (χ1v) is 12.3. The zero-order chi connectivity index (χ0) is 24.2. The predicted octanol–water partition coefficient (Wildman–Crippen LogP) is 3.57. The topological polar surface area (TPSA) is 60.4 Å². The number of allylic oxidation sites excluding steroid dienone is 2. The molecule has 35 heavy (non-hydrogen) atoms. The normalized spacial score (nSPS) is 20.1. The summed E-state index contributed by atoms with van der Waals surface area (Å²) in [5.41, 5.74) is 6.33. The molecule has 2 aromatic carbocycles. The predicted molar refractivity (Wildman–Crippen MR) is 137 cm³/mol. The minimum atomic E-state index is -0.206. The number of aliphatic imine (C=N–C) groups is 1. The lowest BCUT2D eigenvalue weighted by Gasteiger charge is -2.35. The van der Waals surface area contributed by atoms with E-state index in [1.54, 1.807) is 0 Å². The molecule has 1 N–H and O–H groups in total. The SMILES string of the molecule is CN1CCC(N(C)C(=O)c2ccc(CC3=NC4C(OCc5ccccc5)=CC=CN4N3)cc2)CC1. The Morgan fingerprint density at radius 1 is 1.09 bits per heavy atom. The molecule has 1 fully saturated rings. The van der Waals surface area contributed by atoms with E-state index in [0.29, 0.717) is 19.1 Å². The number of carbonyl (C=O) groups excluding carboxylic acids is 1. The van der Waals surface area contributed by atoms with E-state index in [9.17, 15) is 4.79 Å². The van der Waals surface area contributed by atoms with Crippen LogP contribution in [0.1, 0.15) is 34.3 Å². The van der Waals surface area contributed by atoms with Gasteiger partial charge in [-0.2, -0.15) is 0 Å². The van der Waals surface area contributed by atoms with Crippen molar-refractivity contribution in [2.24, 2.45) is 4.99 Å². The third-order valence-electron chi connectivity index (χ3n) is 6.94. The first-order chi connectivity index (χ1) is 17.1. The minimum Gasteiger partial charge on any atom is -0.489 e. The van der Waals surface area contributed by atoms with Crippen molar-refractivity contribution in [2.75, 3.05) is 27.2 Å². The highest BCUT2D eigenvalue weighted by Crippen LogP contribution is 2.23. The van der Waals surface area contributed by atoms with Gasteiger partial charge >= 0.3 is 0 Å². The monoisotopic (exact) mass is 471 g/mol. The van der Waals surface area contributed by atoms with Gasteiger partial charge in [0.2, 0.25) is 0 Å². The van der Waals surface area contributed by atoms with Crippen molar-refractivity contribution in [3.63, 3.8) is 0 Å². The third-order valence-corrected chi connectivity index (χ3v) is 6.94. The summed E-state index contributed by atoms with van der Waals surface area (Å²) < 4.78 is 6.08. The fraction of sp³-hybridized carbons (Fsp3) is 0.357. The lowest BCUT2D eigenvalue weighted by molar-refractivity contribution is 0.0659. The number of ether oxygens (including phenoxy) is 1.